The van der Waals surface area contributed by atoms with E-state index in [9.17, 15) is 5.11 Å². The van der Waals surface area contributed by atoms with Crippen LogP contribution in [0, 0.1) is 0 Å². The Morgan fingerprint density at radius 3 is 3.00 bits per heavy atom. The summed E-state index contributed by atoms with van der Waals surface area (Å²) in [6, 6.07) is 7.41. The summed E-state index contributed by atoms with van der Waals surface area (Å²) in [5.41, 5.74) is 0.940. The van der Waals surface area contributed by atoms with Gasteiger partial charge >= 0.3 is 0 Å². The maximum atomic E-state index is 9.53. The van der Waals surface area contributed by atoms with Gasteiger partial charge in [0.2, 0.25) is 0 Å². The van der Waals surface area contributed by atoms with Gasteiger partial charge in [-0.25, -0.2) is 0 Å². The number of nitrogens with one attached hydrogen (secondary N) is 1. The summed E-state index contributed by atoms with van der Waals surface area (Å²) in [6.07, 6.45) is 2.67. The summed E-state index contributed by atoms with van der Waals surface area (Å²) >= 11 is 0. The van der Waals surface area contributed by atoms with Crippen molar-refractivity contribution in [2.24, 2.45) is 0 Å². The molecule has 1 aliphatic heterocycles. The highest BCUT2D eigenvalue weighted by atomic mass is 16.5. The molecule has 3 nitrogen and oxygen atoms in total. The lowest BCUT2D eigenvalue weighted by molar-refractivity contribution is 0.110. The minimum absolute atomic E-state index is 0.357. The third-order valence-corrected chi connectivity index (χ3v) is 2.70. The van der Waals surface area contributed by atoms with Crippen molar-refractivity contribution in [1.29, 1.82) is 0 Å². The van der Waals surface area contributed by atoms with E-state index in [1.165, 1.54) is 6.42 Å². The smallest absolute Gasteiger partial charge is 0.120 e. The van der Waals surface area contributed by atoms with E-state index in [-0.39, 0.29) is 0 Å². The van der Waals surface area contributed by atoms with E-state index < -0.39 is 0 Å². The van der Waals surface area contributed by atoms with Crippen molar-refractivity contribution in [3.63, 3.8) is 0 Å². The van der Waals surface area contributed by atoms with Gasteiger partial charge in [0.1, 0.15) is 5.75 Å². The average Bonchev–Trinajstić information content (AvgIpc) is 2.74. The van der Waals surface area contributed by atoms with Crippen LogP contribution in [0.5, 0.6) is 5.75 Å². The molecule has 0 radical (unpaired) electrons. The standard InChI is InChI=1S/C12H17NO2/c14-12-6-2-1-4-10(12)8-13-9-11-5-3-7-15-11/h1-2,4,6,11,13-14H,3,5,7-9H2. The van der Waals surface area contributed by atoms with Crippen LogP contribution in [-0.4, -0.2) is 24.4 Å². The van der Waals surface area contributed by atoms with Crippen LogP contribution < -0.4 is 5.32 Å². The van der Waals surface area contributed by atoms with E-state index in [1.54, 1.807) is 6.07 Å². The first-order valence-corrected chi connectivity index (χ1v) is 5.45. The molecule has 0 aromatic heterocycles. The lowest BCUT2D eigenvalue weighted by Crippen LogP contribution is -2.25. The number of phenols is 1. The number of hydrogen-bond acceptors (Lipinski definition) is 3. The number of ether oxygens (including phenoxy) is 1. The quantitative estimate of drug-likeness (QED) is 0.789. The molecule has 1 saturated heterocycles. The molecule has 1 unspecified atom stereocenters. The molecule has 1 heterocycles. The van der Waals surface area contributed by atoms with Gasteiger partial charge in [0.15, 0.2) is 0 Å². The predicted octanol–water partition coefficient (Wildman–Crippen LogP) is 1.66. The van der Waals surface area contributed by atoms with E-state index in [2.05, 4.69) is 5.32 Å². The van der Waals surface area contributed by atoms with Crippen molar-refractivity contribution in [2.45, 2.75) is 25.5 Å². The molecule has 2 N–H and O–H groups in total. The first-order valence-electron chi connectivity index (χ1n) is 5.45. The fraction of sp³-hybridized carbons (Fsp3) is 0.500. The lowest BCUT2D eigenvalue weighted by Gasteiger charge is -2.11. The summed E-state index contributed by atoms with van der Waals surface area (Å²) in [4.78, 5) is 0. The molecule has 0 spiro atoms. The second-order valence-corrected chi connectivity index (χ2v) is 3.89. The van der Waals surface area contributed by atoms with E-state index >= 15 is 0 Å². The van der Waals surface area contributed by atoms with Crippen molar-refractivity contribution in [3.8, 4) is 5.75 Å². The van der Waals surface area contributed by atoms with Gasteiger partial charge < -0.3 is 15.2 Å². The van der Waals surface area contributed by atoms with Gasteiger partial charge in [0, 0.05) is 25.3 Å². The Morgan fingerprint density at radius 1 is 1.40 bits per heavy atom. The fourth-order valence-electron chi connectivity index (χ4n) is 1.83. The zero-order valence-electron chi connectivity index (χ0n) is 8.78. The predicted molar refractivity (Wildman–Crippen MR) is 58.8 cm³/mol. The molecule has 15 heavy (non-hydrogen) atoms. The Morgan fingerprint density at radius 2 is 2.27 bits per heavy atom. The number of para-hydroxylation sites is 1. The minimum atomic E-state index is 0.357. The largest absolute Gasteiger partial charge is 0.508 e. The molecular weight excluding hydrogens is 190 g/mol. The van der Waals surface area contributed by atoms with Gasteiger partial charge in [-0.1, -0.05) is 18.2 Å². The Labute approximate surface area is 90.1 Å². The summed E-state index contributed by atoms with van der Waals surface area (Å²) in [7, 11) is 0. The third-order valence-electron chi connectivity index (χ3n) is 2.70. The molecule has 1 aliphatic rings. The van der Waals surface area contributed by atoms with Gasteiger partial charge in [-0.05, 0) is 18.9 Å². The maximum Gasteiger partial charge on any atom is 0.120 e. The minimum Gasteiger partial charge on any atom is -0.508 e. The van der Waals surface area contributed by atoms with Gasteiger partial charge in [-0.3, -0.25) is 0 Å². The van der Waals surface area contributed by atoms with Crippen LogP contribution in [0.25, 0.3) is 0 Å². The summed E-state index contributed by atoms with van der Waals surface area (Å²) in [6.45, 7) is 2.46. The SMILES string of the molecule is Oc1ccccc1CNCC1CCCO1. The van der Waals surface area contributed by atoms with Crippen molar-refractivity contribution < 1.29 is 9.84 Å². The van der Waals surface area contributed by atoms with Crippen LogP contribution in [0.15, 0.2) is 24.3 Å². The van der Waals surface area contributed by atoms with Crippen LogP contribution in [-0.2, 0) is 11.3 Å². The summed E-state index contributed by atoms with van der Waals surface area (Å²) in [5.74, 6) is 0.359. The number of rotatable bonds is 4. The monoisotopic (exact) mass is 207 g/mol. The van der Waals surface area contributed by atoms with Crippen LogP contribution >= 0.6 is 0 Å². The molecule has 1 aromatic carbocycles. The molecule has 0 saturated carbocycles. The molecule has 0 aliphatic carbocycles. The topological polar surface area (TPSA) is 41.5 Å². The second-order valence-electron chi connectivity index (χ2n) is 3.89. The van der Waals surface area contributed by atoms with Crippen LogP contribution in [0.4, 0.5) is 0 Å². The highest BCUT2D eigenvalue weighted by Gasteiger charge is 2.14. The number of hydrogen-bond donors (Lipinski definition) is 2. The van der Waals surface area contributed by atoms with E-state index in [0.29, 0.717) is 18.4 Å². The van der Waals surface area contributed by atoms with Crippen molar-refractivity contribution in [1.82, 2.24) is 5.32 Å². The third kappa shape index (κ3) is 2.94. The van der Waals surface area contributed by atoms with Gasteiger partial charge in [-0.2, -0.15) is 0 Å². The molecule has 0 bridgehead atoms. The molecule has 1 fully saturated rings. The van der Waals surface area contributed by atoms with Gasteiger partial charge in [0.05, 0.1) is 6.10 Å². The summed E-state index contributed by atoms with van der Waals surface area (Å²) in [5, 5.41) is 12.8. The van der Waals surface area contributed by atoms with Crippen LogP contribution in [0.1, 0.15) is 18.4 Å². The fourth-order valence-corrected chi connectivity index (χ4v) is 1.83. The Kier molecular flexibility index (Phi) is 3.59. The first kappa shape index (κ1) is 10.5. The van der Waals surface area contributed by atoms with E-state index in [1.807, 2.05) is 18.2 Å². The Balaban J connectivity index is 1.75. The Bertz CT molecular complexity index is 308. The number of phenolic OH excluding ortho intramolecular Hbond substituents is 1. The zero-order chi connectivity index (χ0) is 10.5. The maximum absolute atomic E-state index is 9.53. The van der Waals surface area contributed by atoms with Crippen LogP contribution in [0.3, 0.4) is 0 Å². The van der Waals surface area contributed by atoms with Crippen molar-refractivity contribution in [2.75, 3.05) is 13.2 Å². The molecule has 1 aromatic rings. The van der Waals surface area contributed by atoms with Crippen molar-refractivity contribution >= 4 is 0 Å². The molecule has 82 valence electrons. The van der Waals surface area contributed by atoms with E-state index in [4.69, 9.17) is 4.74 Å². The molecule has 1 atom stereocenters. The molecular formula is C12H17NO2. The first-order chi connectivity index (χ1) is 7.36. The number of benzene rings is 1. The molecule has 2 rings (SSSR count). The normalized spacial score (nSPS) is 20.7. The molecule has 3 heteroatoms. The zero-order valence-corrected chi connectivity index (χ0v) is 8.78. The average molecular weight is 207 g/mol. The van der Waals surface area contributed by atoms with Crippen LogP contribution in [0.2, 0.25) is 0 Å². The highest BCUT2D eigenvalue weighted by Crippen LogP contribution is 2.15. The Hall–Kier alpha value is -1.06. The highest BCUT2D eigenvalue weighted by molar-refractivity contribution is 5.31. The second kappa shape index (κ2) is 5.14. The lowest BCUT2D eigenvalue weighted by atomic mass is 10.2. The van der Waals surface area contributed by atoms with Gasteiger partial charge in [0.25, 0.3) is 0 Å². The van der Waals surface area contributed by atoms with Gasteiger partial charge in [-0.15, -0.1) is 0 Å². The van der Waals surface area contributed by atoms with E-state index in [0.717, 1.165) is 25.1 Å². The van der Waals surface area contributed by atoms with Crippen molar-refractivity contribution in [3.05, 3.63) is 29.8 Å². The summed E-state index contributed by atoms with van der Waals surface area (Å²) < 4.78 is 5.50. The number of aromatic hydroxyl groups is 1. The molecule has 0 amide bonds.